The smallest absolute Gasteiger partial charge is 0.311 e. The summed E-state index contributed by atoms with van der Waals surface area (Å²) < 4.78 is 0. The third-order valence-corrected chi connectivity index (χ3v) is 3.13. The van der Waals surface area contributed by atoms with Crippen LogP contribution in [0.25, 0.3) is 0 Å². The van der Waals surface area contributed by atoms with Gasteiger partial charge in [0.1, 0.15) is 0 Å². The van der Waals surface area contributed by atoms with Crippen LogP contribution < -0.4 is 0 Å². The molecule has 2 atom stereocenters. The summed E-state index contributed by atoms with van der Waals surface area (Å²) in [7, 11) is 0. The van der Waals surface area contributed by atoms with Crippen LogP contribution in [-0.4, -0.2) is 27.9 Å². The largest absolute Gasteiger partial charge is 0.481 e. The molecule has 5 heteroatoms. The highest BCUT2D eigenvalue weighted by atomic mass is 32.1. The van der Waals surface area contributed by atoms with Crippen molar-refractivity contribution < 1.29 is 19.8 Å². The molecular formula is C13H16O4S. The molecule has 0 spiro atoms. The van der Waals surface area contributed by atoms with Gasteiger partial charge in [0.25, 0.3) is 0 Å². The van der Waals surface area contributed by atoms with Gasteiger partial charge in [0, 0.05) is 0 Å². The molecule has 0 aromatic heterocycles. The topological polar surface area (TPSA) is 74.6 Å². The zero-order valence-corrected chi connectivity index (χ0v) is 10.7. The maximum Gasteiger partial charge on any atom is 0.311 e. The average Bonchev–Trinajstić information content (AvgIpc) is 2.34. The molecule has 0 aliphatic heterocycles. The molecule has 0 saturated heterocycles. The van der Waals surface area contributed by atoms with Gasteiger partial charge < -0.3 is 10.2 Å². The molecule has 0 amide bonds. The zero-order valence-electron chi connectivity index (χ0n) is 9.82. The summed E-state index contributed by atoms with van der Waals surface area (Å²) in [5.74, 6) is -3.56. The molecule has 0 fully saturated rings. The number of carbonyl (C=O) groups is 2. The van der Waals surface area contributed by atoms with Gasteiger partial charge in [-0.2, -0.15) is 12.6 Å². The van der Waals surface area contributed by atoms with Crippen LogP contribution in [0.1, 0.15) is 24.3 Å². The number of carboxylic acid groups (broad SMARTS) is 2. The molecule has 0 radical (unpaired) electrons. The van der Waals surface area contributed by atoms with Crippen LogP contribution in [0.3, 0.4) is 0 Å². The Kier molecular flexibility index (Phi) is 5.71. The van der Waals surface area contributed by atoms with Gasteiger partial charge in [0.15, 0.2) is 0 Å². The van der Waals surface area contributed by atoms with Crippen molar-refractivity contribution in [2.24, 2.45) is 5.92 Å². The van der Waals surface area contributed by atoms with E-state index < -0.39 is 23.8 Å². The van der Waals surface area contributed by atoms with Gasteiger partial charge in [0.05, 0.1) is 11.8 Å². The van der Waals surface area contributed by atoms with E-state index in [9.17, 15) is 19.8 Å². The van der Waals surface area contributed by atoms with Gasteiger partial charge in [-0.05, 0) is 24.2 Å². The van der Waals surface area contributed by atoms with Gasteiger partial charge in [-0.25, -0.2) is 0 Å². The number of aliphatic carboxylic acids is 2. The summed E-state index contributed by atoms with van der Waals surface area (Å²) in [5, 5.41) is 18.5. The lowest BCUT2D eigenvalue weighted by Crippen LogP contribution is -2.28. The van der Waals surface area contributed by atoms with Gasteiger partial charge in [-0.1, -0.05) is 30.3 Å². The highest BCUT2D eigenvalue weighted by molar-refractivity contribution is 7.80. The van der Waals surface area contributed by atoms with E-state index in [0.717, 1.165) is 0 Å². The standard InChI is InChI=1S/C13H16O4S/c14-12(15)10(7-4-8-18)11(13(16)17)9-5-2-1-3-6-9/h1-3,5-6,10-11,18H,4,7-8H2,(H,14,15)(H,16,17). The Hall–Kier alpha value is -1.49. The second-order valence-electron chi connectivity index (χ2n) is 4.04. The van der Waals surface area contributed by atoms with E-state index in [1.54, 1.807) is 30.3 Å². The van der Waals surface area contributed by atoms with E-state index >= 15 is 0 Å². The fourth-order valence-electron chi connectivity index (χ4n) is 1.95. The van der Waals surface area contributed by atoms with Crippen molar-refractivity contribution in [3.05, 3.63) is 35.9 Å². The summed E-state index contributed by atoms with van der Waals surface area (Å²) in [6.45, 7) is 0. The maximum atomic E-state index is 11.3. The monoisotopic (exact) mass is 268 g/mol. The average molecular weight is 268 g/mol. The van der Waals surface area contributed by atoms with E-state index in [4.69, 9.17) is 0 Å². The molecule has 2 unspecified atom stereocenters. The van der Waals surface area contributed by atoms with Gasteiger partial charge in [-0.15, -0.1) is 0 Å². The summed E-state index contributed by atoms with van der Waals surface area (Å²) >= 11 is 4.03. The molecule has 0 aliphatic rings. The molecule has 1 rings (SSSR count). The number of hydrogen-bond donors (Lipinski definition) is 3. The third-order valence-electron chi connectivity index (χ3n) is 2.82. The minimum Gasteiger partial charge on any atom is -0.481 e. The SMILES string of the molecule is O=C(O)C(CCCS)C(C(=O)O)c1ccccc1. The predicted molar refractivity (Wildman–Crippen MR) is 71.0 cm³/mol. The molecule has 18 heavy (non-hydrogen) atoms. The second-order valence-corrected chi connectivity index (χ2v) is 4.48. The van der Waals surface area contributed by atoms with E-state index in [2.05, 4.69) is 12.6 Å². The van der Waals surface area contributed by atoms with E-state index in [1.165, 1.54) is 0 Å². The molecule has 0 aliphatic carbocycles. The van der Waals surface area contributed by atoms with Crippen molar-refractivity contribution in [2.45, 2.75) is 18.8 Å². The molecule has 1 aromatic carbocycles. The van der Waals surface area contributed by atoms with Crippen LogP contribution in [0, 0.1) is 5.92 Å². The van der Waals surface area contributed by atoms with Crippen LogP contribution >= 0.6 is 12.6 Å². The Morgan fingerprint density at radius 2 is 1.72 bits per heavy atom. The molecule has 0 heterocycles. The third kappa shape index (κ3) is 3.77. The summed E-state index contributed by atoms with van der Waals surface area (Å²) in [4.78, 5) is 22.6. The van der Waals surface area contributed by atoms with Crippen molar-refractivity contribution in [3.8, 4) is 0 Å². The van der Waals surface area contributed by atoms with E-state index in [-0.39, 0.29) is 0 Å². The summed E-state index contributed by atoms with van der Waals surface area (Å²) in [6, 6.07) is 8.49. The van der Waals surface area contributed by atoms with E-state index in [1.807, 2.05) is 0 Å². The van der Waals surface area contributed by atoms with Crippen LogP contribution in [-0.2, 0) is 9.59 Å². The van der Waals surface area contributed by atoms with Crippen LogP contribution in [0.5, 0.6) is 0 Å². The Morgan fingerprint density at radius 3 is 2.17 bits per heavy atom. The van der Waals surface area contributed by atoms with Gasteiger partial charge in [-0.3, -0.25) is 9.59 Å². The number of carboxylic acids is 2. The van der Waals surface area contributed by atoms with E-state index in [0.29, 0.717) is 24.2 Å². The first-order valence-corrected chi connectivity index (χ1v) is 6.32. The molecule has 0 saturated carbocycles. The zero-order chi connectivity index (χ0) is 13.5. The van der Waals surface area contributed by atoms with Crippen LogP contribution in [0.4, 0.5) is 0 Å². The predicted octanol–water partition coefficient (Wildman–Crippen LogP) is 2.27. The molecule has 0 bridgehead atoms. The Morgan fingerprint density at radius 1 is 1.11 bits per heavy atom. The normalized spacial score (nSPS) is 13.8. The quantitative estimate of drug-likeness (QED) is 0.663. The molecule has 2 N–H and O–H groups in total. The fraction of sp³-hybridized carbons (Fsp3) is 0.385. The van der Waals surface area contributed by atoms with Crippen molar-refractivity contribution >= 4 is 24.6 Å². The van der Waals surface area contributed by atoms with Crippen molar-refractivity contribution in [1.82, 2.24) is 0 Å². The van der Waals surface area contributed by atoms with Crippen molar-refractivity contribution in [3.63, 3.8) is 0 Å². The van der Waals surface area contributed by atoms with Crippen LogP contribution in [0.15, 0.2) is 30.3 Å². The number of rotatable bonds is 7. The lowest BCUT2D eigenvalue weighted by molar-refractivity contribution is -0.150. The van der Waals surface area contributed by atoms with Gasteiger partial charge in [0.2, 0.25) is 0 Å². The van der Waals surface area contributed by atoms with Crippen molar-refractivity contribution in [2.75, 3.05) is 5.75 Å². The highest BCUT2D eigenvalue weighted by Crippen LogP contribution is 2.29. The van der Waals surface area contributed by atoms with Crippen molar-refractivity contribution in [1.29, 1.82) is 0 Å². The molecule has 98 valence electrons. The van der Waals surface area contributed by atoms with Gasteiger partial charge >= 0.3 is 11.9 Å². The first-order valence-electron chi connectivity index (χ1n) is 5.69. The number of hydrogen-bond acceptors (Lipinski definition) is 3. The molecular weight excluding hydrogens is 252 g/mol. The fourth-order valence-corrected chi connectivity index (χ4v) is 2.13. The molecule has 1 aromatic rings. The minimum atomic E-state index is -1.10. The Labute approximate surface area is 111 Å². The minimum absolute atomic E-state index is 0.310. The first-order chi connectivity index (χ1) is 8.57. The molecule has 4 nitrogen and oxygen atoms in total. The Balaban J connectivity index is 3.01. The van der Waals surface area contributed by atoms with Crippen LogP contribution in [0.2, 0.25) is 0 Å². The Bertz CT molecular complexity index is 405. The lowest BCUT2D eigenvalue weighted by atomic mass is 9.83. The number of thiol groups is 1. The number of benzene rings is 1. The first kappa shape index (κ1) is 14.6. The maximum absolute atomic E-state index is 11.3. The summed E-state index contributed by atoms with van der Waals surface area (Å²) in [6.07, 6.45) is 0.890. The highest BCUT2D eigenvalue weighted by Gasteiger charge is 2.34. The second kappa shape index (κ2) is 7.06. The lowest BCUT2D eigenvalue weighted by Gasteiger charge is -2.20. The summed E-state index contributed by atoms with van der Waals surface area (Å²) in [5.41, 5.74) is 0.525.